The second kappa shape index (κ2) is 8.88. The smallest absolute Gasteiger partial charge is 0.246 e. The van der Waals surface area contributed by atoms with Gasteiger partial charge in [-0.1, -0.05) is 18.2 Å². The van der Waals surface area contributed by atoms with E-state index < -0.39 is 0 Å². The molecule has 0 spiro atoms. The van der Waals surface area contributed by atoms with Crippen LogP contribution in [0.15, 0.2) is 30.3 Å². The van der Waals surface area contributed by atoms with E-state index in [0.29, 0.717) is 18.7 Å². The van der Waals surface area contributed by atoms with E-state index in [2.05, 4.69) is 18.7 Å². The van der Waals surface area contributed by atoms with E-state index in [1.165, 1.54) is 0 Å². The summed E-state index contributed by atoms with van der Waals surface area (Å²) in [6, 6.07) is 8.72. The molecule has 1 aromatic carbocycles. The van der Waals surface area contributed by atoms with Crippen molar-refractivity contribution < 1.29 is 9.53 Å². The number of carbonyl (C=O) groups excluding carboxylic acids is 1. The van der Waals surface area contributed by atoms with Crippen molar-refractivity contribution in [1.82, 2.24) is 9.80 Å². The lowest BCUT2D eigenvalue weighted by molar-refractivity contribution is -0.127. The number of benzene rings is 1. The molecule has 1 saturated heterocycles. The highest BCUT2D eigenvalue weighted by atomic mass is 16.5. The fourth-order valence-corrected chi connectivity index (χ4v) is 3.15. The van der Waals surface area contributed by atoms with Gasteiger partial charge >= 0.3 is 0 Å². The van der Waals surface area contributed by atoms with E-state index >= 15 is 0 Å². The maximum atomic E-state index is 12.5. The Kier molecular flexibility index (Phi) is 6.85. The number of carbonyl (C=O) groups is 1. The second-order valence-corrected chi connectivity index (χ2v) is 6.61. The molecule has 0 aliphatic carbocycles. The van der Waals surface area contributed by atoms with Gasteiger partial charge in [0.05, 0.1) is 6.61 Å². The van der Waals surface area contributed by atoms with Crippen LogP contribution in [0.3, 0.4) is 0 Å². The predicted molar refractivity (Wildman–Crippen MR) is 99.1 cm³/mol. The number of likely N-dealkylation sites (N-methyl/N-ethyl adjacent to an activating group) is 1. The van der Waals surface area contributed by atoms with Crippen molar-refractivity contribution in [3.05, 3.63) is 35.9 Å². The highest BCUT2D eigenvalue weighted by Crippen LogP contribution is 2.21. The third-order valence-electron chi connectivity index (χ3n) is 4.75. The van der Waals surface area contributed by atoms with Crippen LogP contribution in [0.2, 0.25) is 0 Å². The lowest BCUT2D eigenvalue weighted by Gasteiger charge is -2.38. The molecule has 4 nitrogen and oxygen atoms in total. The molecule has 0 atom stereocenters. The van der Waals surface area contributed by atoms with Gasteiger partial charge in [0.1, 0.15) is 5.75 Å². The Labute approximate surface area is 146 Å². The third-order valence-corrected chi connectivity index (χ3v) is 4.75. The molecule has 0 radical (unpaired) electrons. The average molecular weight is 330 g/mol. The Morgan fingerprint density at radius 3 is 2.62 bits per heavy atom. The molecule has 1 aliphatic heterocycles. The zero-order valence-corrected chi connectivity index (χ0v) is 15.4. The summed E-state index contributed by atoms with van der Waals surface area (Å²) in [6.45, 7) is 9.17. The summed E-state index contributed by atoms with van der Waals surface area (Å²) in [7, 11) is 1.91. The zero-order valence-electron chi connectivity index (χ0n) is 15.4. The van der Waals surface area contributed by atoms with Crippen LogP contribution < -0.4 is 4.74 Å². The predicted octanol–water partition coefficient (Wildman–Crippen LogP) is 3.43. The molecule has 1 heterocycles. The van der Waals surface area contributed by atoms with Crippen LogP contribution in [0.25, 0.3) is 6.08 Å². The van der Waals surface area contributed by atoms with Crippen molar-refractivity contribution in [2.24, 2.45) is 0 Å². The molecule has 0 unspecified atom stereocenters. The van der Waals surface area contributed by atoms with Gasteiger partial charge in [0.25, 0.3) is 0 Å². The first kappa shape index (κ1) is 18.5. The van der Waals surface area contributed by atoms with Crippen LogP contribution in [0.5, 0.6) is 5.75 Å². The molecule has 1 amide bonds. The molecule has 132 valence electrons. The Balaban J connectivity index is 1.95. The normalized spacial score (nSPS) is 16.7. The van der Waals surface area contributed by atoms with Gasteiger partial charge in [-0.3, -0.25) is 4.79 Å². The van der Waals surface area contributed by atoms with Gasteiger partial charge in [-0.05, 0) is 45.8 Å². The highest BCUT2D eigenvalue weighted by molar-refractivity contribution is 5.92. The van der Waals surface area contributed by atoms with Crippen LogP contribution in [0.4, 0.5) is 0 Å². The molecule has 1 fully saturated rings. The minimum absolute atomic E-state index is 0.0595. The highest BCUT2D eigenvalue weighted by Gasteiger charge is 2.25. The zero-order chi connectivity index (χ0) is 17.5. The minimum Gasteiger partial charge on any atom is -0.493 e. The number of hydrogen-bond acceptors (Lipinski definition) is 3. The maximum absolute atomic E-state index is 12.5. The van der Waals surface area contributed by atoms with Gasteiger partial charge in [0.2, 0.25) is 5.91 Å². The third kappa shape index (κ3) is 4.84. The van der Waals surface area contributed by atoms with Crippen molar-refractivity contribution in [3.8, 4) is 5.75 Å². The van der Waals surface area contributed by atoms with E-state index in [1.807, 2.05) is 49.2 Å². The summed E-state index contributed by atoms with van der Waals surface area (Å²) in [6.07, 6.45) is 5.60. The number of ether oxygens (including phenoxy) is 1. The summed E-state index contributed by atoms with van der Waals surface area (Å²) in [4.78, 5) is 16.8. The quantitative estimate of drug-likeness (QED) is 0.749. The molecule has 0 N–H and O–H groups in total. The Morgan fingerprint density at radius 2 is 2.00 bits per heavy atom. The lowest BCUT2D eigenvalue weighted by Crippen LogP contribution is -2.47. The number of likely N-dealkylation sites (tertiary alicyclic amines) is 1. The van der Waals surface area contributed by atoms with Crippen molar-refractivity contribution >= 4 is 12.0 Å². The van der Waals surface area contributed by atoms with Gasteiger partial charge in [-0.15, -0.1) is 0 Å². The molecule has 0 bridgehead atoms. The van der Waals surface area contributed by atoms with Crippen molar-refractivity contribution in [3.63, 3.8) is 0 Å². The topological polar surface area (TPSA) is 32.8 Å². The molecule has 0 aromatic heterocycles. The first-order valence-electron chi connectivity index (χ1n) is 8.93. The molecule has 1 aliphatic rings. The monoisotopic (exact) mass is 330 g/mol. The van der Waals surface area contributed by atoms with E-state index in [4.69, 9.17) is 4.74 Å². The molecular weight excluding hydrogens is 300 g/mol. The molecule has 0 saturated carbocycles. The Hall–Kier alpha value is -1.81. The van der Waals surface area contributed by atoms with E-state index in [0.717, 1.165) is 37.2 Å². The summed E-state index contributed by atoms with van der Waals surface area (Å²) >= 11 is 0. The second-order valence-electron chi connectivity index (χ2n) is 6.61. The fourth-order valence-electron chi connectivity index (χ4n) is 3.15. The fraction of sp³-hybridized carbons (Fsp3) is 0.550. The van der Waals surface area contributed by atoms with Crippen LogP contribution in [0, 0.1) is 0 Å². The Bertz CT molecular complexity index is 561. The minimum atomic E-state index is 0.0595. The number of para-hydroxylation sites is 1. The Morgan fingerprint density at radius 1 is 1.33 bits per heavy atom. The van der Waals surface area contributed by atoms with Gasteiger partial charge in [-0.2, -0.15) is 0 Å². The van der Waals surface area contributed by atoms with Crippen LogP contribution in [-0.4, -0.2) is 54.5 Å². The first-order valence-corrected chi connectivity index (χ1v) is 8.93. The SMILES string of the molecule is CCOc1ccccc1/C=C/C(=O)N(C)C1CCN(C(C)C)CC1. The largest absolute Gasteiger partial charge is 0.493 e. The summed E-state index contributed by atoms with van der Waals surface area (Å²) in [5, 5.41) is 0. The van der Waals surface area contributed by atoms with E-state index in [1.54, 1.807) is 6.08 Å². The van der Waals surface area contributed by atoms with Gasteiger partial charge in [-0.25, -0.2) is 0 Å². The standard InChI is InChI=1S/C20H30N2O2/c1-5-24-19-9-7-6-8-17(19)10-11-20(23)21(4)18-12-14-22(15-13-18)16(2)3/h6-11,16,18H,5,12-15H2,1-4H3/b11-10+. The van der Waals surface area contributed by atoms with Crippen molar-refractivity contribution in [2.75, 3.05) is 26.7 Å². The van der Waals surface area contributed by atoms with Gasteiger partial charge in [0, 0.05) is 43.9 Å². The molecule has 2 rings (SSSR count). The summed E-state index contributed by atoms with van der Waals surface area (Å²) in [5.74, 6) is 0.876. The average Bonchev–Trinajstić information content (AvgIpc) is 2.60. The lowest BCUT2D eigenvalue weighted by atomic mass is 10.0. The number of nitrogens with zero attached hydrogens (tertiary/aromatic N) is 2. The van der Waals surface area contributed by atoms with Crippen LogP contribution >= 0.6 is 0 Å². The van der Waals surface area contributed by atoms with Crippen molar-refractivity contribution in [2.45, 2.75) is 45.7 Å². The van der Waals surface area contributed by atoms with Gasteiger partial charge < -0.3 is 14.5 Å². The summed E-state index contributed by atoms with van der Waals surface area (Å²) < 4.78 is 5.60. The number of amides is 1. The molecule has 4 heteroatoms. The maximum Gasteiger partial charge on any atom is 0.246 e. The number of rotatable bonds is 6. The van der Waals surface area contributed by atoms with Gasteiger partial charge in [0.15, 0.2) is 0 Å². The first-order chi connectivity index (χ1) is 11.5. The molecular formula is C20H30N2O2. The van der Waals surface area contributed by atoms with Crippen LogP contribution in [0.1, 0.15) is 39.2 Å². The van der Waals surface area contributed by atoms with E-state index in [9.17, 15) is 4.79 Å². The number of piperidine rings is 1. The van der Waals surface area contributed by atoms with Crippen LogP contribution in [-0.2, 0) is 4.79 Å². The van der Waals surface area contributed by atoms with Crippen molar-refractivity contribution in [1.29, 1.82) is 0 Å². The molecule has 1 aromatic rings. The number of hydrogen-bond donors (Lipinski definition) is 0. The van der Waals surface area contributed by atoms with E-state index in [-0.39, 0.29) is 5.91 Å². The molecule has 24 heavy (non-hydrogen) atoms. The summed E-state index contributed by atoms with van der Waals surface area (Å²) in [5.41, 5.74) is 0.940.